The Kier molecular flexibility index (Phi) is 57.9. The number of likely N-dealkylation sites (tertiary alicyclic amines) is 1. The SMILES string of the molecule is CC[C@H](C)[C@@H]([C@@H](CC(=O)N1CCC[C@H]1[C@H](OC)[C@@H](C)C(=O)C[C@@H](Cc1ccccc1)C(=O)NCc1ccc(NC(=O)[C@H](CCCNC(N)=O)CC(=O)[C@@H](NC(=O)COCC(=O)CCCOCCOCCOCCOCCOCCOCCOCCOCCn2cc(CNC(=O)CCCC#Cc3cnc(SC)nc3)nn2)C(C)C)cc1)OC)N(C)C(=O)[C@@H](CC(=O)[C@H](C(C)C)N(C)C)C(C)C. The van der Waals surface area contributed by atoms with E-state index in [1.165, 1.54) is 18.9 Å². The number of ether oxygens (including phenoxy) is 11. The van der Waals surface area contributed by atoms with Gasteiger partial charge in [0.1, 0.15) is 24.7 Å². The van der Waals surface area contributed by atoms with E-state index >= 15 is 0 Å². The molecule has 36 nitrogen and oxygen atoms in total. The van der Waals surface area contributed by atoms with Gasteiger partial charge in [0, 0.05) is 128 Å². The molecule has 2 aromatic carbocycles. The standard InChI is InChI=1S/C98H154N14O22S/c1-16-71(8)92(110(12)96(122)81(68(2)3)59-85(116)91(70(6)7)109(10)11)86(124-13)60-89(119)112-38-24-31-82(112)93(125-14)72(9)83(114)58-77(56-73-26-19-17-20-27-73)94(120)102-61-74-33-35-78(36-34-74)105-95(121)76(29-23-37-100-97(99)123)57-84(115)90(69(4)5)106-88(118)67-134-66-80(113)30-25-40-126-42-44-128-46-48-130-50-52-132-54-55-133-53-51-131-49-47-129-45-43-127-41-39-111-65-79(107-108-111)64-101-87(117)32-22-18-21-28-75-62-103-98(135-15)104-63-75/h17,19-20,26-27,33-36,62-63,65,68-72,76-77,81-82,86,90-93H,16,18,22-25,29-32,37-61,64,66-67H2,1-15H3,(H,101,117)(H,102,120)(H,105,121)(H,106,118)(H3,99,100,123)/t71-,72-,76+,77+,81-,82-,86+,90-,91-,92-,93+/m0/s1. The summed E-state index contributed by atoms with van der Waals surface area (Å²) in [6.07, 6.45) is 10.2. The lowest BCUT2D eigenvalue weighted by atomic mass is 9.83. The number of hydrogen-bond donors (Lipinski definition) is 6. The lowest BCUT2D eigenvalue weighted by molar-refractivity contribution is -0.149. The fraction of sp³-hybridized carbons (Fsp3) is 0.684. The Balaban J connectivity index is 0.929. The molecule has 754 valence electrons. The number of unbranched alkanes of at least 4 members (excludes halogenated alkanes) is 1. The second-order valence-corrected chi connectivity index (χ2v) is 36.0. The van der Waals surface area contributed by atoms with Crippen LogP contribution in [0.25, 0.3) is 0 Å². The van der Waals surface area contributed by atoms with E-state index < -0.39 is 90.2 Å². The third-order valence-corrected chi connectivity index (χ3v) is 24.1. The maximum atomic E-state index is 14.7. The highest BCUT2D eigenvalue weighted by Gasteiger charge is 2.44. The van der Waals surface area contributed by atoms with Crippen molar-refractivity contribution in [1.29, 1.82) is 0 Å². The molecular weight excluding hydrogens is 1760 g/mol. The first-order chi connectivity index (χ1) is 64.9. The lowest BCUT2D eigenvalue weighted by Gasteiger charge is -2.41. The average molecular weight is 1910 g/mol. The number of carbonyl (C=O) groups excluding carboxylic acids is 11. The van der Waals surface area contributed by atoms with Crippen LogP contribution in [0.2, 0.25) is 0 Å². The van der Waals surface area contributed by atoms with Gasteiger partial charge in [-0.1, -0.05) is 140 Å². The molecule has 8 amide bonds. The predicted molar refractivity (Wildman–Crippen MR) is 511 cm³/mol. The minimum atomic E-state index is -1.01. The number of amides is 8. The van der Waals surface area contributed by atoms with Gasteiger partial charge in [-0.25, -0.2) is 19.4 Å². The van der Waals surface area contributed by atoms with E-state index in [-0.39, 0.29) is 136 Å². The van der Waals surface area contributed by atoms with Crippen molar-refractivity contribution in [1.82, 2.24) is 60.9 Å². The second kappa shape index (κ2) is 67.2. The monoisotopic (exact) mass is 1910 g/mol. The lowest BCUT2D eigenvalue weighted by Crippen LogP contribution is -2.54. The van der Waals surface area contributed by atoms with Crippen LogP contribution in [0.1, 0.15) is 175 Å². The van der Waals surface area contributed by atoms with Crippen LogP contribution in [0, 0.1) is 59.2 Å². The normalized spacial score (nSPS) is 14.9. The Morgan fingerprint density at radius 3 is 1.76 bits per heavy atom. The molecule has 5 rings (SSSR count). The molecule has 0 radical (unpaired) electrons. The number of rotatable bonds is 74. The number of methoxy groups -OCH3 is 2. The molecule has 4 aromatic rings. The van der Waals surface area contributed by atoms with Crippen molar-refractivity contribution in [3.05, 3.63) is 95.6 Å². The number of primary amides is 1. The number of hydrogen-bond acceptors (Lipinski definition) is 28. The summed E-state index contributed by atoms with van der Waals surface area (Å²) in [4.78, 5) is 164. The zero-order chi connectivity index (χ0) is 98.8. The number of carbonyl (C=O) groups is 11. The fourth-order valence-corrected chi connectivity index (χ4v) is 16.4. The number of aromatic nitrogens is 5. The molecule has 37 heteroatoms. The van der Waals surface area contributed by atoms with Crippen molar-refractivity contribution in [2.24, 2.45) is 53.1 Å². The zero-order valence-electron chi connectivity index (χ0n) is 82.4. The van der Waals surface area contributed by atoms with Crippen LogP contribution in [-0.2, 0) is 126 Å². The van der Waals surface area contributed by atoms with Crippen LogP contribution in [0.3, 0.4) is 0 Å². The van der Waals surface area contributed by atoms with Gasteiger partial charge in [0.25, 0.3) is 0 Å². The Bertz CT molecular complexity index is 4190. The van der Waals surface area contributed by atoms with Crippen LogP contribution in [0.15, 0.2) is 78.3 Å². The first-order valence-electron chi connectivity index (χ1n) is 47.5. The van der Waals surface area contributed by atoms with Gasteiger partial charge in [0.05, 0.1) is 167 Å². The molecule has 1 aliphatic rings. The first kappa shape index (κ1) is 116. The first-order valence-corrected chi connectivity index (χ1v) is 48.7. The zero-order valence-corrected chi connectivity index (χ0v) is 83.2. The Labute approximate surface area is 803 Å². The molecule has 0 spiro atoms. The number of nitrogens with zero attached hydrogens (tertiary/aromatic N) is 8. The van der Waals surface area contributed by atoms with E-state index in [2.05, 4.69) is 58.7 Å². The smallest absolute Gasteiger partial charge is 0.312 e. The highest BCUT2D eigenvalue weighted by molar-refractivity contribution is 7.98. The molecule has 0 unspecified atom stereocenters. The van der Waals surface area contributed by atoms with E-state index in [0.717, 1.165) is 11.1 Å². The Morgan fingerprint density at radius 1 is 0.600 bits per heavy atom. The topological polar surface area (TPSA) is 442 Å². The molecule has 135 heavy (non-hydrogen) atoms. The van der Waals surface area contributed by atoms with E-state index in [9.17, 15) is 52.7 Å². The highest BCUT2D eigenvalue weighted by Crippen LogP contribution is 2.33. The van der Waals surface area contributed by atoms with Crippen LogP contribution in [-0.4, -0.2) is 314 Å². The number of benzene rings is 2. The van der Waals surface area contributed by atoms with E-state index in [1.54, 1.807) is 92.3 Å². The molecule has 1 fully saturated rings. The molecular formula is C98H154N14O22S. The van der Waals surface area contributed by atoms with Crippen molar-refractivity contribution in [3.63, 3.8) is 0 Å². The quantitative estimate of drug-likeness (QED) is 0.0105. The van der Waals surface area contributed by atoms with Crippen molar-refractivity contribution < 1.29 is 105 Å². The number of thioether (sulfide) groups is 1. The van der Waals surface area contributed by atoms with Gasteiger partial charge in [-0.3, -0.25) is 52.8 Å². The Morgan fingerprint density at radius 2 is 1.20 bits per heavy atom. The largest absolute Gasteiger partial charge is 0.379 e. The number of anilines is 1. The molecule has 11 atom stereocenters. The van der Waals surface area contributed by atoms with Crippen LogP contribution >= 0.6 is 11.8 Å². The van der Waals surface area contributed by atoms with Crippen molar-refractivity contribution in [2.45, 2.75) is 220 Å². The maximum Gasteiger partial charge on any atom is 0.312 e. The van der Waals surface area contributed by atoms with Crippen molar-refractivity contribution >= 4 is 82.1 Å². The molecule has 0 saturated carbocycles. The summed E-state index contributed by atoms with van der Waals surface area (Å²) in [5.74, 6) is -0.248. The summed E-state index contributed by atoms with van der Waals surface area (Å²) in [5.41, 5.74) is 8.66. The van der Waals surface area contributed by atoms with Crippen molar-refractivity contribution in [3.8, 4) is 11.8 Å². The highest BCUT2D eigenvalue weighted by atomic mass is 32.2. The minimum absolute atomic E-state index is 0.00714. The van der Waals surface area contributed by atoms with Gasteiger partial charge < -0.3 is 94.2 Å². The minimum Gasteiger partial charge on any atom is -0.379 e. The van der Waals surface area contributed by atoms with Gasteiger partial charge in [-0.2, -0.15) is 0 Å². The molecule has 2 aromatic heterocycles. The van der Waals surface area contributed by atoms with E-state index in [0.29, 0.717) is 192 Å². The van der Waals surface area contributed by atoms with Gasteiger partial charge in [-0.05, 0) is 112 Å². The third kappa shape index (κ3) is 45.8. The fourth-order valence-electron chi connectivity index (χ4n) is 16.1. The average Bonchev–Trinajstić information content (AvgIpc) is 1.74. The summed E-state index contributed by atoms with van der Waals surface area (Å²) in [6, 6.07) is 13.1. The Hall–Kier alpha value is -9.14. The van der Waals surface area contributed by atoms with Gasteiger partial charge >= 0.3 is 6.03 Å². The molecule has 0 bridgehead atoms. The van der Waals surface area contributed by atoms with Gasteiger partial charge in [-0.15, -0.1) is 5.10 Å². The maximum absolute atomic E-state index is 14.7. The van der Waals surface area contributed by atoms with Crippen molar-refractivity contribution in [2.75, 3.05) is 179 Å². The summed E-state index contributed by atoms with van der Waals surface area (Å²) in [5, 5.41) is 22.9. The number of nitrogens with one attached hydrogen (secondary N) is 5. The van der Waals surface area contributed by atoms with Crippen LogP contribution in [0.4, 0.5) is 10.5 Å². The van der Waals surface area contributed by atoms with E-state index in [4.69, 9.17) is 57.8 Å². The van der Waals surface area contributed by atoms with Crippen LogP contribution < -0.4 is 32.3 Å². The number of Topliss-reactive ketones (excluding diaryl/α,β-unsaturated/α-hetero) is 4. The summed E-state index contributed by atoms with van der Waals surface area (Å²) < 4.78 is 64.1. The van der Waals surface area contributed by atoms with E-state index in [1.807, 2.05) is 97.1 Å². The predicted octanol–water partition coefficient (Wildman–Crippen LogP) is 8.10. The molecule has 3 heterocycles. The summed E-state index contributed by atoms with van der Waals surface area (Å²) >= 11 is 1.47. The van der Waals surface area contributed by atoms with Gasteiger partial charge in [0.15, 0.2) is 22.5 Å². The molecule has 7 N–H and O–H groups in total. The number of nitrogens with two attached hydrogens (primary N) is 1. The molecule has 0 aliphatic carbocycles. The number of urea groups is 1. The van der Waals surface area contributed by atoms with Crippen LogP contribution in [0.5, 0.6) is 0 Å². The van der Waals surface area contributed by atoms with Gasteiger partial charge in [0.2, 0.25) is 35.4 Å². The summed E-state index contributed by atoms with van der Waals surface area (Å²) in [6.45, 7) is 24.2. The second-order valence-electron chi connectivity index (χ2n) is 35.2. The summed E-state index contributed by atoms with van der Waals surface area (Å²) in [7, 11) is 8.58. The number of likely N-dealkylation sites (N-methyl/N-ethyl adjacent to an activating group) is 2. The number of ketones is 4. The molecule has 1 saturated heterocycles. The third-order valence-electron chi connectivity index (χ3n) is 23.5. The molecule has 1 aliphatic heterocycles.